The first-order valence-corrected chi connectivity index (χ1v) is 6.33. The average Bonchev–Trinajstić information content (AvgIpc) is 2.34. The van der Waals surface area contributed by atoms with Gasteiger partial charge in [0.15, 0.2) is 6.29 Å². The topological polar surface area (TPSA) is 26.3 Å². The van der Waals surface area contributed by atoms with Gasteiger partial charge in [-0.15, -0.1) is 0 Å². The fourth-order valence-electron chi connectivity index (χ4n) is 1.35. The summed E-state index contributed by atoms with van der Waals surface area (Å²) in [7, 11) is 0. The highest BCUT2D eigenvalue weighted by Crippen LogP contribution is 2.29. The van der Waals surface area contributed by atoms with E-state index in [-0.39, 0.29) is 0 Å². The number of para-hydroxylation sites is 1. The summed E-state index contributed by atoms with van der Waals surface area (Å²) in [6.45, 7) is 0. The van der Waals surface area contributed by atoms with Gasteiger partial charge in [0.1, 0.15) is 11.5 Å². The molecule has 2 rings (SSSR count). The van der Waals surface area contributed by atoms with Crippen LogP contribution in [0.1, 0.15) is 10.4 Å². The van der Waals surface area contributed by atoms with Crippen LogP contribution in [0, 0.1) is 3.57 Å². The van der Waals surface area contributed by atoms with E-state index in [0.717, 1.165) is 15.6 Å². The fraction of sp³-hybridized carbons (Fsp3) is 0. The van der Waals surface area contributed by atoms with Crippen molar-refractivity contribution in [2.24, 2.45) is 0 Å². The van der Waals surface area contributed by atoms with E-state index in [1.165, 1.54) is 0 Å². The normalized spacial score (nSPS) is 10.0. The molecule has 0 aliphatic rings. The molecule has 0 fully saturated rings. The van der Waals surface area contributed by atoms with E-state index in [4.69, 9.17) is 16.3 Å². The summed E-state index contributed by atoms with van der Waals surface area (Å²) in [5.74, 6) is 1.23. The minimum Gasteiger partial charge on any atom is -0.456 e. The predicted octanol–water partition coefficient (Wildman–Crippen LogP) is 4.55. The molecule has 2 aromatic rings. The number of rotatable bonds is 3. The minimum absolute atomic E-state index is 0.442. The maximum absolute atomic E-state index is 10.9. The molecule has 0 saturated heterocycles. The number of hydrogen-bond donors (Lipinski definition) is 0. The molecule has 0 bridgehead atoms. The van der Waals surface area contributed by atoms with Crippen LogP contribution in [0.15, 0.2) is 42.5 Å². The van der Waals surface area contributed by atoms with Crippen LogP contribution in [0.2, 0.25) is 5.02 Å². The lowest BCUT2D eigenvalue weighted by atomic mass is 10.2. The van der Waals surface area contributed by atoms with Gasteiger partial charge in [-0.2, -0.15) is 0 Å². The van der Waals surface area contributed by atoms with Crippen LogP contribution >= 0.6 is 34.2 Å². The van der Waals surface area contributed by atoms with Gasteiger partial charge in [0.2, 0.25) is 0 Å². The summed E-state index contributed by atoms with van der Waals surface area (Å²) >= 11 is 7.99. The third-order valence-corrected chi connectivity index (χ3v) is 3.28. The fourth-order valence-corrected chi connectivity index (χ4v) is 2.03. The van der Waals surface area contributed by atoms with Gasteiger partial charge in [-0.05, 0) is 52.9 Å². The second-order valence-electron chi connectivity index (χ2n) is 3.33. The average molecular weight is 359 g/mol. The zero-order valence-corrected chi connectivity index (χ0v) is 11.6. The zero-order chi connectivity index (χ0) is 12.3. The number of halogens is 2. The van der Waals surface area contributed by atoms with Crippen molar-refractivity contribution in [3.63, 3.8) is 0 Å². The van der Waals surface area contributed by atoms with Crippen molar-refractivity contribution >= 4 is 40.5 Å². The molecule has 0 amide bonds. The monoisotopic (exact) mass is 358 g/mol. The highest BCUT2D eigenvalue weighted by Gasteiger charge is 2.07. The van der Waals surface area contributed by atoms with E-state index in [0.29, 0.717) is 16.3 Å². The van der Waals surface area contributed by atoms with Gasteiger partial charge in [0, 0.05) is 5.02 Å². The van der Waals surface area contributed by atoms with Crippen LogP contribution in [0.5, 0.6) is 11.5 Å². The molecule has 0 N–H and O–H groups in total. The van der Waals surface area contributed by atoms with Crippen LogP contribution in [-0.4, -0.2) is 6.29 Å². The maximum atomic E-state index is 10.9. The Morgan fingerprint density at radius 1 is 1.12 bits per heavy atom. The van der Waals surface area contributed by atoms with E-state index in [2.05, 4.69) is 22.6 Å². The van der Waals surface area contributed by atoms with Crippen molar-refractivity contribution < 1.29 is 9.53 Å². The number of hydrogen-bond acceptors (Lipinski definition) is 2. The van der Waals surface area contributed by atoms with Gasteiger partial charge >= 0.3 is 0 Å². The van der Waals surface area contributed by atoms with Crippen LogP contribution in [0.4, 0.5) is 0 Å². The van der Waals surface area contributed by atoms with Crippen molar-refractivity contribution in [3.8, 4) is 11.5 Å². The molecule has 0 aromatic heterocycles. The summed E-state index contributed by atoms with van der Waals surface area (Å²) in [5, 5.41) is 0.516. The van der Waals surface area contributed by atoms with Gasteiger partial charge in [0.05, 0.1) is 9.13 Å². The number of carbonyl (C=O) groups excluding carboxylic acids is 1. The molecule has 0 aliphatic heterocycles. The molecule has 2 nitrogen and oxygen atoms in total. The van der Waals surface area contributed by atoms with Gasteiger partial charge in [0.25, 0.3) is 0 Å². The van der Waals surface area contributed by atoms with E-state index < -0.39 is 0 Å². The Morgan fingerprint density at radius 2 is 1.88 bits per heavy atom. The molecular formula is C13H8ClIO2. The highest BCUT2D eigenvalue weighted by molar-refractivity contribution is 14.1. The standard InChI is InChI=1S/C13H8ClIO2/c14-10-5-6-12(9(7-10)8-16)17-13-4-2-1-3-11(13)15/h1-8H. The molecule has 0 saturated carbocycles. The highest BCUT2D eigenvalue weighted by atomic mass is 127. The lowest BCUT2D eigenvalue weighted by Gasteiger charge is -2.09. The zero-order valence-electron chi connectivity index (χ0n) is 8.69. The Morgan fingerprint density at radius 3 is 2.59 bits per heavy atom. The minimum atomic E-state index is 0.442. The van der Waals surface area contributed by atoms with Crippen LogP contribution < -0.4 is 4.74 Å². The molecule has 0 aliphatic carbocycles. The molecule has 2 aromatic carbocycles. The number of ether oxygens (including phenoxy) is 1. The Bertz CT molecular complexity index is 555. The molecule has 17 heavy (non-hydrogen) atoms. The number of carbonyl (C=O) groups is 1. The Labute approximate surface area is 118 Å². The number of aldehydes is 1. The molecule has 0 unspecified atom stereocenters. The van der Waals surface area contributed by atoms with Gasteiger partial charge in [-0.1, -0.05) is 23.7 Å². The summed E-state index contributed by atoms with van der Waals surface area (Å²) in [4.78, 5) is 10.9. The molecule has 86 valence electrons. The van der Waals surface area contributed by atoms with E-state index in [1.54, 1.807) is 18.2 Å². The van der Waals surface area contributed by atoms with E-state index in [1.807, 2.05) is 24.3 Å². The van der Waals surface area contributed by atoms with Crippen molar-refractivity contribution in [1.82, 2.24) is 0 Å². The second kappa shape index (κ2) is 5.51. The van der Waals surface area contributed by atoms with Crippen molar-refractivity contribution in [2.45, 2.75) is 0 Å². The van der Waals surface area contributed by atoms with Gasteiger partial charge < -0.3 is 4.74 Å². The first kappa shape index (κ1) is 12.4. The third-order valence-electron chi connectivity index (χ3n) is 2.16. The second-order valence-corrected chi connectivity index (χ2v) is 4.93. The van der Waals surface area contributed by atoms with Crippen LogP contribution in [-0.2, 0) is 0 Å². The third kappa shape index (κ3) is 2.98. The van der Waals surface area contributed by atoms with Crippen LogP contribution in [0.3, 0.4) is 0 Å². The van der Waals surface area contributed by atoms with E-state index in [9.17, 15) is 4.79 Å². The largest absolute Gasteiger partial charge is 0.456 e. The van der Waals surface area contributed by atoms with Crippen molar-refractivity contribution in [1.29, 1.82) is 0 Å². The first-order valence-electron chi connectivity index (χ1n) is 4.88. The molecular weight excluding hydrogens is 350 g/mol. The Hall–Kier alpha value is -1.07. The first-order chi connectivity index (χ1) is 8.20. The number of benzene rings is 2. The molecule has 4 heteroatoms. The van der Waals surface area contributed by atoms with E-state index >= 15 is 0 Å². The Balaban J connectivity index is 2.36. The molecule has 0 atom stereocenters. The molecule has 0 spiro atoms. The molecule has 0 radical (unpaired) electrons. The summed E-state index contributed by atoms with van der Waals surface area (Å²) in [5.41, 5.74) is 0.442. The molecule has 0 heterocycles. The van der Waals surface area contributed by atoms with Gasteiger partial charge in [-0.25, -0.2) is 0 Å². The van der Waals surface area contributed by atoms with Crippen molar-refractivity contribution in [2.75, 3.05) is 0 Å². The van der Waals surface area contributed by atoms with Gasteiger partial charge in [-0.3, -0.25) is 4.79 Å². The SMILES string of the molecule is O=Cc1cc(Cl)ccc1Oc1ccccc1I. The maximum Gasteiger partial charge on any atom is 0.153 e. The summed E-state index contributed by atoms with van der Waals surface area (Å²) < 4.78 is 6.67. The lowest BCUT2D eigenvalue weighted by Crippen LogP contribution is -1.91. The predicted molar refractivity (Wildman–Crippen MR) is 76.1 cm³/mol. The Kier molecular flexibility index (Phi) is 4.02. The summed E-state index contributed by atoms with van der Waals surface area (Å²) in [6, 6.07) is 12.6. The van der Waals surface area contributed by atoms with Crippen molar-refractivity contribution in [3.05, 3.63) is 56.6 Å². The smallest absolute Gasteiger partial charge is 0.153 e. The lowest BCUT2D eigenvalue weighted by molar-refractivity contribution is 0.112. The quantitative estimate of drug-likeness (QED) is 0.594. The van der Waals surface area contributed by atoms with Crippen LogP contribution in [0.25, 0.3) is 0 Å². The summed E-state index contributed by atoms with van der Waals surface area (Å²) in [6.07, 6.45) is 0.733.